The highest BCUT2D eigenvalue weighted by Gasteiger charge is 2.07. The second kappa shape index (κ2) is 5.63. The molecule has 0 aliphatic carbocycles. The third-order valence-electron chi connectivity index (χ3n) is 2.01. The van der Waals surface area contributed by atoms with E-state index >= 15 is 0 Å². The first-order chi connectivity index (χ1) is 8.71. The van der Waals surface area contributed by atoms with Gasteiger partial charge in [-0.2, -0.15) is 15.0 Å². The van der Waals surface area contributed by atoms with Crippen LogP contribution in [-0.2, 0) is 0 Å². The average Bonchev–Trinajstić information content (AvgIpc) is 2.38. The second-order valence-corrected chi connectivity index (χ2v) is 4.28. The Morgan fingerprint density at radius 3 is 2.78 bits per heavy atom. The molecule has 0 saturated heterocycles. The van der Waals surface area contributed by atoms with Gasteiger partial charge in [0.2, 0.25) is 11.1 Å². The van der Waals surface area contributed by atoms with Crippen LogP contribution in [0.3, 0.4) is 0 Å². The Bertz CT molecular complexity index is 530. The van der Waals surface area contributed by atoms with Crippen LogP contribution in [0.15, 0.2) is 34.3 Å². The Morgan fingerprint density at radius 2 is 2.11 bits per heavy atom. The summed E-state index contributed by atoms with van der Waals surface area (Å²) < 4.78 is 18.0. The summed E-state index contributed by atoms with van der Waals surface area (Å²) in [7, 11) is 3.18. The molecule has 1 heterocycles. The number of halogens is 1. The van der Waals surface area contributed by atoms with Crippen LogP contribution in [0.2, 0.25) is 0 Å². The Morgan fingerprint density at radius 1 is 1.28 bits per heavy atom. The molecule has 0 bridgehead atoms. The molecule has 2 aromatic rings. The maximum atomic E-state index is 13.1. The Labute approximate surface area is 108 Å². The Hall–Kier alpha value is -1.89. The fourth-order valence-corrected chi connectivity index (χ4v) is 2.01. The van der Waals surface area contributed by atoms with Crippen LogP contribution in [-0.4, -0.2) is 29.1 Å². The van der Waals surface area contributed by atoms with Crippen molar-refractivity contribution in [2.24, 2.45) is 0 Å². The first kappa shape index (κ1) is 12.6. The maximum Gasteiger partial charge on any atom is 0.321 e. The maximum absolute atomic E-state index is 13.1. The summed E-state index contributed by atoms with van der Waals surface area (Å²) in [5.41, 5.74) is 0. The van der Waals surface area contributed by atoms with Gasteiger partial charge < -0.3 is 10.1 Å². The lowest BCUT2D eigenvalue weighted by Gasteiger charge is -2.05. The van der Waals surface area contributed by atoms with Gasteiger partial charge in [-0.15, -0.1) is 0 Å². The number of ether oxygens (including phenoxy) is 1. The molecule has 5 nitrogen and oxygen atoms in total. The minimum absolute atomic E-state index is 0.216. The molecular formula is C11H11FN4OS. The standard InChI is InChI=1S/C11H11FN4OS/c1-13-9-14-10(17-2)16-11(15-9)18-8-5-3-4-7(12)6-8/h3-6H,1-2H3,(H,13,14,15,16). The number of methoxy groups -OCH3 is 1. The number of hydrogen-bond donors (Lipinski definition) is 1. The van der Waals surface area contributed by atoms with Gasteiger partial charge in [-0.25, -0.2) is 4.39 Å². The van der Waals surface area contributed by atoms with Gasteiger partial charge in [0.1, 0.15) is 5.82 Å². The molecule has 18 heavy (non-hydrogen) atoms. The van der Waals surface area contributed by atoms with Gasteiger partial charge in [-0.05, 0) is 30.0 Å². The van der Waals surface area contributed by atoms with E-state index in [2.05, 4.69) is 20.3 Å². The second-order valence-electron chi connectivity index (χ2n) is 3.24. The molecule has 0 aliphatic rings. The van der Waals surface area contributed by atoms with Gasteiger partial charge >= 0.3 is 6.01 Å². The number of anilines is 1. The number of benzene rings is 1. The predicted molar refractivity (Wildman–Crippen MR) is 66.4 cm³/mol. The largest absolute Gasteiger partial charge is 0.467 e. The number of nitrogens with zero attached hydrogens (tertiary/aromatic N) is 3. The number of hydrogen-bond acceptors (Lipinski definition) is 6. The van der Waals surface area contributed by atoms with Crippen LogP contribution in [0.1, 0.15) is 0 Å². The summed E-state index contributed by atoms with van der Waals surface area (Å²) in [6, 6.07) is 6.43. The minimum atomic E-state index is -0.296. The lowest BCUT2D eigenvalue weighted by Crippen LogP contribution is -2.02. The van der Waals surface area contributed by atoms with Gasteiger partial charge in [0.25, 0.3) is 0 Å². The van der Waals surface area contributed by atoms with E-state index in [1.807, 2.05) is 0 Å². The van der Waals surface area contributed by atoms with Crippen molar-refractivity contribution in [1.29, 1.82) is 0 Å². The van der Waals surface area contributed by atoms with E-state index in [1.165, 1.54) is 31.0 Å². The summed E-state index contributed by atoms with van der Waals surface area (Å²) in [4.78, 5) is 12.9. The lowest BCUT2D eigenvalue weighted by molar-refractivity contribution is 0.374. The van der Waals surface area contributed by atoms with Gasteiger partial charge in [0.05, 0.1) is 7.11 Å². The molecular weight excluding hydrogens is 255 g/mol. The topological polar surface area (TPSA) is 59.9 Å². The van der Waals surface area contributed by atoms with Gasteiger partial charge in [-0.1, -0.05) is 6.07 Å². The predicted octanol–water partition coefficient (Wildman–Crippen LogP) is 2.21. The summed E-state index contributed by atoms with van der Waals surface area (Å²) in [5.74, 6) is 0.107. The Kier molecular flexibility index (Phi) is 3.93. The summed E-state index contributed by atoms with van der Waals surface area (Å²) in [6.07, 6.45) is 0. The van der Waals surface area contributed by atoms with Crippen LogP contribution in [0.4, 0.5) is 10.3 Å². The molecule has 0 spiro atoms. The number of nitrogens with one attached hydrogen (secondary N) is 1. The highest BCUT2D eigenvalue weighted by atomic mass is 32.2. The van der Waals surface area contributed by atoms with Crippen molar-refractivity contribution in [3.8, 4) is 6.01 Å². The van der Waals surface area contributed by atoms with E-state index in [-0.39, 0.29) is 11.8 Å². The molecule has 0 aliphatic heterocycles. The van der Waals surface area contributed by atoms with Crippen molar-refractivity contribution in [1.82, 2.24) is 15.0 Å². The average molecular weight is 266 g/mol. The third kappa shape index (κ3) is 3.07. The molecule has 0 radical (unpaired) electrons. The van der Waals surface area contributed by atoms with Gasteiger partial charge in [-0.3, -0.25) is 0 Å². The quantitative estimate of drug-likeness (QED) is 0.915. The van der Waals surface area contributed by atoms with E-state index in [1.54, 1.807) is 19.2 Å². The van der Waals surface area contributed by atoms with Crippen molar-refractivity contribution in [3.63, 3.8) is 0 Å². The third-order valence-corrected chi connectivity index (χ3v) is 2.86. The zero-order valence-corrected chi connectivity index (χ0v) is 10.7. The van der Waals surface area contributed by atoms with Crippen LogP contribution < -0.4 is 10.1 Å². The van der Waals surface area contributed by atoms with Crippen molar-refractivity contribution in [3.05, 3.63) is 30.1 Å². The minimum Gasteiger partial charge on any atom is -0.467 e. The smallest absolute Gasteiger partial charge is 0.321 e. The van der Waals surface area contributed by atoms with E-state index in [0.717, 1.165) is 0 Å². The van der Waals surface area contributed by atoms with E-state index in [9.17, 15) is 4.39 Å². The van der Waals surface area contributed by atoms with Crippen molar-refractivity contribution in [2.45, 2.75) is 10.1 Å². The number of aromatic nitrogens is 3. The van der Waals surface area contributed by atoms with Crippen LogP contribution in [0.25, 0.3) is 0 Å². The first-order valence-electron chi connectivity index (χ1n) is 5.12. The van der Waals surface area contributed by atoms with Gasteiger partial charge in [0, 0.05) is 11.9 Å². The fourth-order valence-electron chi connectivity index (χ4n) is 1.22. The zero-order chi connectivity index (χ0) is 13.0. The van der Waals surface area contributed by atoms with Crippen molar-refractivity contribution in [2.75, 3.05) is 19.5 Å². The zero-order valence-electron chi connectivity index (χ0n) is 9.85. The molecule has 2 rings (SSSR count). The van der Waals surface area contributed by atoms with E-state index in [0.29, 0.717) is 16.0 Å². The Balaban J connectivity index is 2.28. The summed E-state index contributed by atoms with van der Waals surface area (Å²) in [5, 5.41) is 3.25. The van der Waals surface area contributed by atoms with Gasteiger partial charge in [0.15, 0.2) is 0 Å². The van der Waals surface area contributed by atoms with Crippen LogP contribution >= 0.6 is 11.8 Å². The molecule has 1 aromatic carbocycles. The molecule has 7 heteroatoms. The van der Waals surface area contributed by atoms with Crippen LogP contribution in [0.5, 0.6) is 6.01 Å². The molecule has 0 unspecified atom stereocenters. The summed E-state index contributed by atoms with van der Waals surface area (Å²) >= 11 is 1.24. The molecule has 94 valence electrons. The van der Waals surface area contributed by atoms with E-state index in [4.69, 9.17) is 4.74 Å². The molecule has 0 fully saturated rings. The molecule has 0 amide bonds. The van der Waals surface area contributed by atoms with Crippen molar-refractivity contribution < 1.29 is 9.13 Å². The molecule has 1 aromatic heterocycles. The first-order valence-corrected chi connectivity index (χ1v) is 5.94. The SMILES string of the molecule is CNc1nc(OC)nc(Sc2cccc(F)c2)n1. The normalized spacial score (nSPS) is 10.2. The van der Waals surface area contributed by atoms with E-state index < -0.39 is 0 Å². The molecule has 0 atom stereocenters. The lowest BCUT2D eigenvalue weighted by atomic mass is 10.4. The monoisotopic (exact) mass is 266 g/mol. The fraction of sp³-hybridized carbons (Fsp3) is 0.182. The summed E-state index contributed by atoms with van der Waals surface area (Å²) in [6.45, 7) is 0. The number of rotatable bonds is 4. The van der Waals surface area contributed by atoms with Crippen LogP contribution in [0, 0.1) is 5.82 Å². The highest BCUT2D eigenvalue weighted by Crippen LogP contribution is 2.26. The molecule has 1 N–H and O–H groups in total. The molecule has 0 saturated carbocycles. The highest BCUT2D eigenvalue weighted by molar-refractivity contribution is 7.99. The van der Waals surface area contributed by atoms with Crippen molar-refractivity contribution >= 4 is 17.7 Å².